The summed E-state index contributed by atoms with van der Waals surface area (Å²) in [7, 11) is -3.90. The van der Waals surface area contributed by atoms with Crippen LogP contribution in [0.3, 0.4) is 0 Å². The number of carbonyl (C=O) groups is 1. The van der Waals surface area contributed by atoms with Crippen LogP contribution in [0.25, 0.3) is 5.69 Å². The van der Waals surface area contributed by atoms with Crippen LogP contribution in [0.4, 0.5) is 0 Å². The summed E-state index contributed by atoms with van der Waals surface area (Å²) in [5.41, 5.74) is 0.908. The second kappa shape index (κ2) is 5.64. The first-order valence-electron chi connectivity index (χ1n) is 7.38. The highest BCUT2D eigenvalue weighted by molar-refractivity contribution is 7.90. The van der Waals surface area contributed by atoms with Crippen LogP contribution in [0, 0.1) is 4.77 Å². The van der Waals surface area contributed by atoms with Gasteiger partial charge in [0.15, 0.2) is 5.82 Å². The van der Waals surface area contributed by atoms with E-state index in [-0.39, 0.29) is 21.8 Å². The number of nitrogens with one attached hydrogen (secondary N) is 1. The molecule has 0 radical (unpaired) electrons. The Labute approximate surface area is 148 Å². The van der Waals surface area contributed by atoms with Crippen LogP contribution >= 0.6 is 12.2 Å². The Kier molecular flexibility index (Phi) is 3.55. The molecule has 0 bridgehead atoms. The molecule has 2 heterocycles. The van der Waals surface area contributed by atoms with E-state index < -0.39 is 15.9 Å². The molecule has 3 aromatic rings. The Morgan fingerprint density at radius 1 is 1.04 bits per heavy atom. The minimum absolute atomic E-state index is 0.0143. The van der Waals surface area contributed by atoms with Gasteiger partial charge in [0.05, 0.1) is 17.8 Å². The van der Waals surface area contributed by atoms with Gasteiger partial charge in [-0.05, 0) is 36.5 Å². The minimum atomic E-state index is -3.90. The SMILES string of the molecule is O=C1c2ccccc2S(=O)(=O)N1Cc1nc(=S)[nH]n1-c1ccccc1. The van der Waals surface area contributed by atoms with E-state index in [9.17, 15) is 13.2 Å². The number of aromatic nitrogens is 3. The Bertz CT molecular complexity index is 1130. The number of benzene rings is 2. The molecule has 1 amide bonds. The molecule has 0 aliphatic carbocycles. The van der Waals surface area contributed by atoms with Gasteiger partial charge in [0.1, 0.15) is 4.90 Å². The number of fused-ring (bicyclic) bond motifs is 1. The first kappa shape index (κ1) is 15.7. The lowest BCUT2D eigenvalue weighted by Crippen LogP contribution is -2.30. The molecule has 1 aromatic heterocycles. The topological polar surface area (TPSA) is 88.1 Å². The molecule has 0 saturated carbocycles. The first-order chi connectivity index (χ1) is 12.0. The monoisotopic (exact) mass is 372 g/mol. The molecule has 7 nitrogen and oxygen atoms in total. The van der Waals surface area contributed by atoms with Crippen molar-refractivity contribution in [3.05, 3.63) is 70.8 Å². The van der Waals surface area contributed by atoms with Crippen LogP contribution in [0.15, 0.2) is 59.5 Å². The van der Waals surface area contributed by atoms with E-state index in [4.69, 9.17) is 12.2 Å². The third-order valence-electron chi connectivity index (χ3n) is 3.91. The number of sulfonamides is 1. The molecule has 1 aliphatic heterocycles. The smallest absolute Gasteiger partial charge is 0.268 e. The number of nitrogens with zero attached hydrogens (tertiary/aromatic N) is 3. The summed E-state index contributed by atoms with van der Waals surface area (Å²) in [5.74, 6) is -0.231. The number of aromatic amines is 1. The maximum Gasteiger partial charge on any atom is 0.269 e. The fourth-order valence-electron chi connectivity index (χ4n) is 2.76. The molecule has 1 aliphatic rings. The average molecular weight is 372 g/mol. The van der Waals surface area contributed by atoms with Crippen molar-refractivity contribution >= 4 is 28.1 Å². The van der Waals surface area contributed by atoms with E-state index >= 15 is 0 Å². The van der Waals surface area contributed by atoms with Crippen molar-refractivity contribution in [1.29, 1.82) is 0 Å². The summed E-state index contributed by atoms with van der Waals surface area (Å²) in [6.45, 7) is -0.210. The third-order valence-corrected chi connectivity index (χ3v) is 5.88. The molecule has 126 valence electrons. The summed E-state index contributed by atoms with van der Waals surface area (Å²) in [6, 6.07) is 15.3. The van der Waals surface area contributed by atoms with Gasteiger partial charge in [0.2, 0.25) is 4.77 Å². The minimum Gasteiger partial charge on any atom is -0.268 e. The zero-order valence-electron chi connectivity index (χ0n) is 12.8. The molecule has 9 heteroatoms. The van der Waals surface area contributed by atoms with Crippen LogP contribution in [0.5, 0.6) is 0 Å². The molecule has 0 atom stereocenters. The van der Waals surface area contributed by atoms with Crippen molar-refractivity contribution in [1.82, 2.24) is 19.1 Å². The van der Waals surface area contributed by atoms with E-state index in [2.05, 4.69) is 10.1 Å². The van der Waals surface area contributed by atoms with Gasteiger partial charge in [0, 0.05) is 0 Å². The van der Waals surface area contributed by atoms with Crippen LogP contribution in [-0.4, -0.2) is 33.4 Å². The third kappa shape index (κ3) is 2.48. The summed E-state index contributed by atoms with van der Waals surface area (Å²) >= 11 is 5.08. The van der Waals surface area contributed by atoms with Crippen LogP contribution < -0.4 is 0 Å². The van der Waals surface area contributed by atoms with Crippen LogP contribution in [0.1, 0.15) is 16.2 Å². The van der Waals surface area contributed by atoms with Crippen molar-refractivity contribution in [2.24, 2.45) is 0 Å². The van der Waals surface area contributed by atoms with Gasteiger partial charge >= 0.3 is 0 Å². The van der Waals surface area contributed by atoms with Gasteiger partial charge in [-0.1, -0.05) is 30.3 Å². The number of amides is 1. The summed E-state index contributed by atoms with van der Waals surface area (Å²) in [4.78, 5) is 16.7. The summed E-state index contributed by atoms with van der Waals surface area (Å²) < 4.78 is 28.0. The van der Waals surface area contributed by atoms with E-state index in [0.717, 1.165) is 9.99 Å². The summed E-state index contributed by atoms with van der Waals surface area (Å²) in [5, 5.41) is 2.89. The van der Waals surface area contributed by atoms with Crippen molar-refractivity contribution in [2.75, 3.05) is 0 Å². The van der Waals surface area contributed by atoms with Crippen LogP contribution in [-0.2, 0) is 16.6 Å². The average Bonchev–Trinajstić information content (AvgIpc) is 3.08. The quantitative estimate of drug-likeness (QED) is 0.713. The van der Waals surface area contributed by atoms with Crippen molar-refractivity contribution < 1.29 is 13.2 Å². The first-order valence-corrected chi connectivity index (χ1v) is 9.23. The fraction of sp³-hybridized carbons (Fsp3) is 0.0625. The van der Waals surface area contributed by atoms with Gasteiger partial charge in [-0.3, -0.25) is 9.89 Å². The predicted molar refractivity (Wildman–Crippen MR) is 92.2 cm³/mol. The lowest BCUT2D eigenvalue weighted by Gasteiger charge is -2.15. The molecule has 25 heavy (non-hydrogen) atoms. The largest absolute Gasteiger partial charge is 0.269 e. The molecule has 0 saturated heterocycles. The van der Waals surface area contributed by atoms with Crippen molar-refractivity contribution in [2.45, 2.75) is 11.4 Å². The predicted octanol–water partition coefficient (Wildman–Crippen LogP) is 2.27. The van der Waals surface area contributed by atoms with Crippen molar-refractivity contribution in [3.63, 3.8) is 0 Å². The maximum atomic E-state index is 12.7. The molecule has 1 N–H and O–H groups in total. The lowest BCUT2D eigenvalue weighted by atomic mass is 10.2. The number of hydrogen-bond donors (Lipinski definition) is 1. The summed E-state index contributed by atoms with van der Waals surface area (Å²) in [6.07, 6.45) is 0. The number of para-hydroxylation sites is 1. The molecule has 0 unspecified atom stereocenters. The molecule has 2 aromatic carbocycles. The van der Waals surface area contributed by atoms with Gasteiger partial charge < -0.3 is 0 Å². The Morgan fingerprint density at radius 2 is 1.72 bits per heavy atom. The van der Waals surface area contributed by atoms with Gasteiger partial charge in [-0.15, -0.1) is 0 Å². The fourth-order valence-corrected chi connectivity index (χ4v) is 4.48. The van der Waals surface area contributed by atoms with Gasteiger partial charge in [-0.2, -0.15) is 0 Å². The molecular formula is C16H12N4O3S2. The number of H-pyrrole nitrogens is 1. The van der Waals surface area contributed by atoms with E-state index in [1.54, 1.807) is 16.8 Å². The molecule has 4 rings (SSSR count). The van der Waals surface area contributed by atoms with E-state index in [0.29, 0.717) is 5.82 Å². The Balaban J connectivity index is 1.78. The van der Waals surface area contributed by atoms with Gasteiger partial charge in [0.25, 0.3) is 15.9 Å². The highest BCUT2D eigenvalue weighted by Crippen LogP contribution is 2.31. The Morgan fingerprint density at radius 3 is 2.44 bits per heavy atom. The second-order valence-corrected chi connectivity index (χ2v) is 7.65. The van der Waals surface area contributed by atoms with E-state index in [1.165, 1.54) is 12.1 Å². The zero-order valence-corrected chi connectivity index (χ0v) is 14.4. The van der Waals surface area contributed by atoms with E-state index in [1.807, 2.05) is 30.3 Å². The van der Waals surface area contributed by atoms with Crippen molar-refractivity contribution in [3.8, 4) is 5.69 Å². The normalized spacial score (nSPS) is 15.4. The second-order valence-electron chi connectivity index (χ2n) is 5.43. The maximum absolute atomic E-state index is 12.7. The van der Waals surface area contributed by atoms with Crippen LogP contribution in [0.2, 0.25) is 0 Å². The molecule has 0 fully saturated rings. The highest BCUT2D eigenvalue weighted by atomic mass is 32.2. The molecule has 0 spiro atoms. The number of hydrogen-bond acceptors (Lipinski definition) is 5. The van der Waals surface area contributed by atoms with Gasteiger partial charge in [-0.25, -0.2) is 22.4 Å². The Hall–Kier alpha value is -2.78. The molecular weight excluding hydrogens is 360 g/mol. The standard InChI is InChI=1S/C16H12N4O3S2/c21-15-12-8-4-5-9-13(12)25(22,23)19(15)10-14-17-16(24)18-20(14)11-6-2-1-3-7-11/h1-9H,10H2,(H,18,24). The lowest BCUT2D eigenvalue weighted by molar-refractivity contribution is 0.0862. The number of carbonyl (C=O) groups excluding carboxylic acids is 1. The number of rotatable bonds is 3. The zero-order chi connectivity index (χ0) is 17.6. The highest BCUT2D eigenvalue weighted by Gasteiger charge is 2.41.